The highest BCUT2D eigenvalue weighted by atomic mass is 16.1. The van der Waals surface area contributed by atoms with Crippen LogP contribution in [-0.4, -0.2) is 5.78 Å². The summed E-state index contributed by atoms with van der Waals surface area (Å²) in [6.45, 7) is 5.86. The van der Waals surface area contributed by atoms with Crippen molar-refractivity contribution in [1.29, 1.82) is 0 Å². The van der Waals surface area contributed by atoms with Gasteiger partial charge in [0.25, 0.3) is 0 Å². The summed E-state index contributed by atoms with van der Waals surface area (Å²) >= 11 is 0. The Labute approximate surface area is 63.1 Å². The molecule has 10 heavy (non-hydrogen) atoms. The molecule has 0 unspecified atom stereocenters. The van der Waals surface area contributed by atoms with Crippen LogP contribution in [0.5, 0.6) is 0 Å². The molecule has 0 spiro atoms. The SMILES string of the molecule is C/C=C/C[C@H](C)C(=O)CC. The fourth-order valence-electron chi connectivity index (χ4n) is 0.820. The molecule has 1 atom stereocenters. The Bertz CT molecular complexity index is 125. The van der Waals surface area contributed by atoms with Gasteiger partial charge in [-0.3, -0.25) is 4.79 Å². The highest BCUT2D eigenvalue weighted by molar-refractivity contribution is 5.80. The maximum absolute atomic E-state index is 11.0. The fourth-order valence-corrected chi connectivity index (χ4v) is 0.820. The molecule has 58 valence electrons. The Morgan fingerprint density at radius 3 is 2.60 bits per heavy atom. The van der Waals surface area contributed by atoms with Crippen molar-refractivity contribution in [2.75, 3.05) is 0 Å². The highest BCUT2D eigenvalue weighted by Crippen LogP contribution is 2.05. The van der Waals surface area contributed by atoms with Crippen LogP contribution in [0.25, 0.3) is 0 Å². The molecule has 0 heterocycles. The number of ketones is 1. The lowest BCUT2D eigenvalue weighted by molar-refractivity contribution is -0.121. The highest BCUT2D eigenvalue weighted by Gasteiger charge is 2.06. The van der Waals surface area contributed by atoms with Crippen LogP contribution in [0, 0.1) is 5.92 Å². The number of hydrogen-bond donors (Lipinski definition) is 0. The molecule has 0 aromatic rings. The molecular formula is C9H16O. The summed E-state index contributed by atoms with van der Waals surface area (Å²) in [7, 11) is 0. The van der Waals surface area contributed by atoms with Gasteiger partial charge in [-0.2, -0.15) is 0 Å². The number of hydrogen-bond acceptors (Lipinski definition) is 1. The van der Waals surface area contributed by atoms with Gasteiger partial charge in [-0.05, 0) is 13.3 Å². The Kier molecular flexibility index (Phi) is 4.91. The van der Waals surface area contributed by atoms with E-state index in [0.717, 1.165) is 6.42 Å². The molecule has 1 heteroatoms. The monoisotopic (exact) mass is 140 g/mol. The molecule has 0 rings (SSSR count). The minimum Gasteiger partial charge on any atom is -0.299 e. The van der Waals surface area contributed by atoms with E-state index in [0.29, 0.717) is 12.2 Å². The number of rotatable bonds is 4. The second-order valence-electron chi connectivity index (χ2n) is 2.53. The normalized spacial score (nSPS) is 13.9. The first kappa shape index (κ1) is 9.41. The van der Waals surface area contributed by atoms with Gasteiger partial charge in [-0.1, -0.05) is 26.0 Å². The van der Waals surface area contributed by atoms with Crippen molar-refractivity contribution in [2.45, 2.75) is 33.6 Å². The maximum Gasteiger partial charge on any atom is 0.135 e. The third-order valence-corrected chi connectivity index (χ3v) is 1.62. The molecule has 0 saturated carbocycles. The molecule has 0 radical (unpaired) electrons. The Balaban J connectivity index is 3.61. The zero-order valence-corrected chi connectivity index (χ0v) is 7.05. The summed E-state index contributed by atoms with van der Waals surface area (Å²) in [6, 6.07) is 0. The van der Waals surface area contributed by atoms with Crippen LogP contribution < -0.4 is 0 Å². The van der Waals surface area contributed by atoms with Crippen molar-refractivity contribution < 1.29 is 4.79 Å². The third kappa shape index (κ3) is 3.44. The molecule has 0 aromatic heterocycles. The number of carbonyl (C=O) groups excluding carboxylic acids is 1. The summed E-state index contributed by atoms with van der Waals surface area (Å²) in [5.41, 5.74) is 0. The molecule has 0 saturated heterocycles. The lowest BCUT2D eigenvalue weighted by atomic mass is 10.0. The molecule has 1 nitrogen and oxygen atoms in total. The van der Waals surface area contributed by atoms with Gasteiger partial charge >= 0.3 is 0 Å². The van der Waals surface area contributed by atoms with E-state index >= 15 is 0 Å². The summed E-state index contributed by atoms with van der Waals surface area (Å²) in [5, 5.41) is 0. The van der Waals surface area contributed by atoms with E-state index in [1.807, 2.05) is 32.9 Å². The Morgan fingerprint density at radius 2 is 2.20 bits per heavy atom. The van der Waals surface area contributed by atoms with Gasteiger partial charge in [-0.25, -0.2) is 0 Å². The predicted octanol–water partition coefficient (Wildman–Crippen LogP) is 2.57. The summed E-state index contributed by atoms with van der Waals surface area (Å²) in [6.07, 6.45) is 5.58. The Hall–Kier alpha value is -0.590. The number of Topliss-reactive ketones (excluding diaryl/α,β-unsaturated/α-hetero) is 1. The minimum atomic E-state index is 0.209. The Morgan fingerprint density at radius 1 is 1.60 bits per heavy atom. The van der Waals surface area contributed by atoms with Gasteiger partial charge in [0.15, 0.2) is 0 Å². The van der Waals surface area contributed by atoms with Crippen molar-refractivity contribution >= 4 is 5.78 Å². The van der Waals surface area contributed by atoms with Gasteiger partial charge in [-0.15, -0.1) is 0 Å². The van der Waals surface area contributed by atoms with Crippen LogP contribution in [0.1, 0.15) is 33.6 Å². The zero-order chi connectivity index (χ0) is 7.98. The molecule has 0 N–H and O–H groups in total. The van der Waals surface area contributed by atoms with Crippen molar-refractivity contribution in [2.24, 2.45) is 5.92 Å². The lowest BCUT2D eigenvalue weighted by Crippen LogP contribution is -2.07. The van der Waals surface area contributed by atoms with E-state index in [4.69, 9.17) is 0 Å². The number of allylic oxidation sites excluding steroid dienone is 2. The van der Waals surface area contributed by atoms with E-state index in [-0.39, 0.29) is 5.92 Å². The molecule has 0 aliphatic carbocycles. The maximum atomic E-state index is 11.0. The van der Waals surface area contributed by atoms with E-state index in [9.17, 15) is 4.79 Å². The first-order chi connectivity index (χ1) is 4.72. The smallest absolute Gasteiger partial charge is 0.135 e. The van der Waals surface area contributed by atoms with Crippen molar-refractivity contribution in [3.63, 3.8) is 0 Å². The second kappa shape index (κ2) is 5.21. The molecule has 0 aliphatic rings. The second-order valence-corrected chi connectivity index (χ2v) is 2.53. The van der Waals surface area contributed by atoms with Crippen molar-refractivity contribution in [3.05, 3.63) is 12.2 Å². The summed E-state index contributed by atoms with van der Waals surface area (Å²) < 4.78 is 0. The first-order valence-corrected chi connectivity index (χ1v) is 3.86. The average Bonchev–Trinajstić information content (AvgIpc) is 1.98. The van der Waals surface area contributed by atoms with Gasteiger partial charge in [0, 0.05) is 12.3 Å². The summed E-state index contributed by atoms with van der Waals surface area (Å²) in [5.74, 6) is 0.569. The third-order valence-electron chi connectivity index (χ3n) is 1.62. The molecule has 0 aromatic carbocycles. The van der Waals surface area contributed by atoms with Crippen molar-refractivity contribution in [1.82, 2.24) is 0 Å². The predicted molar refractivity (Wildman–Crippen MR) is 43.9 cm³/mol. The molecule has 0 bridgehead atoms. The fraction of sp³-hybridized carbons (Fsp3) is 0.667. The van der Waals surface area contributed by atoms with Crippen molar-refractivity contribution in [3.8, 4) is 0 Å². The first-order valence-electron chi connectivity index (χ1n) is 3.86. The van der Waals surface area contributed by atoms with E-state index in [1.54, 1.807) is 0 Å². The van der Waals surface area contributed by atoms with E-state index in [2.05, 4.69) is 0 Å². The van der Waals surface area contributed by atoms with E-state index < -0.39 is 0 Å². The molecule has 0 aliphatic heterocycles. The van der Waals surface area contributed by atoms with Crippen LogP contribution >= 0.6 is 0 Å². The van der Waals surface area contributed by atoms with E-state index in [1.165, 1.54) is 0 Å². The largest absolute Gasteiger partial charge is 0.299 e. The molecule has 0 amide bonds. The minimum absolute atomic E-state index is 0.209. The topological polar surface area (TPSA) is 17.1 Å². The quantitative estimate of drug-likeness (QED) is 0.548. The van der Waals surface area contributed by atoms with Gasteiger partial charge in [0.2, 0.25) is 0 Å². The zero-order valence-electron chi connectivity index (χ0n) is 7.05. The lowest BCUT2D eigenvalue weighted by Gasteiger charge is -2.03. The summed E-state index contributed by atoms with van der Waals surface area (Å²) in [4.78, 5) is 11.0. The molecular weight excluding hydrogens is 124 g/mol. The van der Waals surface area contributed by atoms with Crippen LogP contribution in [0.3, 0.4) is 0 Å². The molecule has 0 fully saturated rings. The van der Waals surface area contributed by atoms with Crippen LogP contribution in [0.4, 0.5) is 0 Å². The standard InChI is InChI=1S/C9H16O/c1-4-6-7-8(3)9(10)5-2/h4,6,8H,5,7H2,1-3H3/b6-4+/t8-/m0/s1. The van der Waals surface area contributed by atoms with Crippen LogP contribution in [-0.2, 0) is 4.79 Å². The van der Waals surface area contributed by atoms with Gasteiger partial charge in [0.1, 0.15) is 5.78 Å². The van der Waals surface area contributed by atoms with Crippen LogP contribution in [0.15, 0.2) is 12.2 Å². The van der Waals surface area contributed by atoms with Gasteiger partial charge in [0.05, 0.1) is 0 Å². The van der Waals surface area contributed by atoms with Gasteiger partial charge < -0.3 is 0 Å². The van der Waals surface area contributed by atoms with Crippen LogP contribution in [0.2, 0.25) is 0 Å². The number of carbonyl (C=O) groups is 1. The average molecular weight is 140 g/mol.